The Bertz CT molecular complexity index is 2070. The molecule has 9 nitrogen and oxygen atoms in total. The van der Waals surface area contributed by atoms with Crippen molar-refractivity contribution in [1.82, 2.24) is 34.4 Å². The van der Waals surface area contributed by atoms with Gasteiger partial charge in [-0.05, 0) is 62.7 Å². The van der Waals surface area contributed by atoms with E-state index in [2.05, 4.69) is 32.2 Å². The number of hydrogen-bond acceptors (Lipinski definition) is 6. The van der Waals surface area contributed by atoms with Crippen molar-refractivity contribution in [3.05, 3.63) is 130 Å². The van der Waals surface area contributed by atoms with E-state index in [0.29, 0.717) is 44.9 Å². The summed E-state index contributed by atoms with van der Waals surface area (Å²) in [7, 11) is 0. The Morgan fingerprint density at radius 2 is 1.76 bits per heavy atom. The van der Waals surface area contributed by atoms with Crippen LogP contribution in [0.2, 0.25) is 0 Å². The third-order valence-corrected chi connectivity index (χ3v) is 6.84. The number of rotatable bonds is 4. The lowest BCUT2D eigenvalue weighted by Gasteiger charge is -2.20. The van der Waals surface area contributed by atoms with Crippen molar-refractivity contribution in [3.63, 3.8) is 0 Å². The maximum atomic E-state index is 14.2. The van der Waals surface area contributed by atoms with Gasteiger partial charge in [-0.2, -0.15) is 5.10 Å². The Balaban J connectivity index is 1.48. The van der Waals surface area contributed by atoms with Gasteiger partial charge in [0, 0.05) is 35.9 Å². The average Bonchev–Trinajstić information content (AvgIpc) is 3.32. The fraction of sp³-hybridized carbons (Fsp3) is 0.125. The molecule has 2 aromatic carbocycles. The number of nitrogens with zero attached hydrogens (tertiary/aromatic N) is 6. The number of carbonyl (C=O) groups excluding carboxylic acids is 1. The maximum Gasteiger partial charge on any atom is 0.267 e. The van der Waals surface area contributed by atoms with E-state index in [1.54, 1.807) is 55.3 Å². The minimum Gasteiger partial charge on any atom is -0.342 e. The average molecular weight is 540 g/mol. The molecule has 4 heterocycles. The summed E-state index contributed by atoms with van der Waals surface area (Å²) in [5.41, 5.74) is 4.55. The van der Waals surface area contributed by atoms with Crippen LogP contribution >= 0.6 is 0 Å². The molecule has 9 heteroatoms. The molecule has 4 aromatic heterocycles. The van der Waals surface area contributed by atoms with Crippen molar-refractivity contribution >= 4 is 22.5 Å². The lowest BCUT2D eigenvalue weighted by atomic mass is 10.1. The Kier molecular flexibility index (Phi) is 6.57. The van der Waals surface area contributed by atoms with Gasteiger partial charge in [0.05, 0.1) is 28.3 Å². The number of para-hydroxylation sites is 1. The van der Waals surface area contributed by atoms with Crippen LogP contribution in [0.25, 0.3) is 22.2 Å². The molecule has 1 atom stereocenters. The van der Waals surface area contributed by atoms with Crippen molar-refractivity contribution < 1.29 is 4.79 Å². The number of hydrogen-bond donors (Lipinski definition) is 1. The SMILES string of the molecule is Cc1ccncc1C#Cc1cccc2nc(C(C)NC(=O)c3c(C)nn4cccnc34)n(-c3ccccc3)c(=O)c12. The van der Waals surface area contributed by atoms with E-state index in [4.69, 9.17) is 4.98 Å². The van der Waals surface area contributed by atoms with E-state index in [-0.39, 0.29) is 11.5 Å². The first-order chi connectivity index (χ1) is 19.9. The topological polar surface area (TPSA) is 107 Å². The zero-order valence-electron chi connectivity index (χ0n) is 22.7. The highest BCUT2D eigenvalue weighted by Gasteiger charge is 2.24. The number of aryl methyl sites for hydroxylation is 2. The molecule has 0 aliphatic rings. The van der Waals surface area contributed by atoms with Gasteiger partial charge in [0.1, 0.15) is 11.4 Å². The van der Waals surface area contributed by atoms with Crippen LogP contribution in [-0.4, -0.2) is 35.0 Å². The molecule has 1 amide bonds. The number of carbonyl (C=O) groups is 1. The van der Waals surface area contributed by atoms with E-state index in [1.165, 1.54) is 4.57 Å². The van der Waals surface area contributed by atoms with Crippen LogP contribution in [0.15, 0.2) is 90.2 Å². The second-order valence-corrected chi connectivity index (χ2v) is 9.63. The normalized spacial score (nSPS) is 11.7. The summed E-state index contributed by atoms with van der Waals surface area (Å²) in [6.45, 7) is 5.53. The first-order valence-electron chi connectivity index (χ1n) is 13.1. The summed E-state index contributed by atoms with van der Waals surface area (Å²) in [4.78, 5) is 41.1. The van der Waals surface area contributed by atoms with Gasteiger partial charge in [-0.1, -0.05) is 36.1 Å². The van der Waals surface area contributed by atoms with Crippen LogP contribution in [0.4, 0.5) is 0 Å². The van der Waals surface area contributed by atoms with Crippen LogP contribution in [0.3, 0.4) is 0 Å². The predicted octanol–water partition coefficient (Wildman–Crippen LogP) is 4.33. The highest BCUT2D eigenvalue weighted by molar-refractivity contribution is 6.01. The zero-order valence-corrected chi connectivity index (χ0v) is 22.7. The highest BCUT2D eigenvalue weighted by Crippen LogP contribution is 2.21. The first kappa shape index (κ1) is 25.6. The van der Waals surface area contributed by atoms with Crippen LogP contribution in [0.5, 0.6) is 0 Å². The molecular formula is C32H25N7O2. The molecule has 0 bridgehead atoms. The van der Waals surface area contributed by atoms with Crippen LogP contribution in [0.1, 0.15) is 51.5 Å². The van der Waals surface area contributed by atoms with Gasteiger partial charge in [0.25, 0.3) is 11.5 Å². The summed E-state index contributed by atoms with van der Waals surface area (Å²) >= 11 is 0. The third-order valence-electron chi connectivity index (χ3n) is 6.84. The predicted molar refractivity (Wildman–Crippen MR) is 156 cm³/mol. The minimum atomic E-state index is -0.634. The van der Waals surface area contributed by atoms with Gasteiger partial charge in [-0.15, -0.1) is 0 Å². The minimum absolute atomic E-state index is 0.279. The Labute approximate surface area is 235 Å². The maximum absolute atomic E-state index is 14.2. The fourth-order valence-corrected chi connectivity index (χ4v) is 4.79. The van der Waals surface area contributed by atoms with Crippen molar-refractivity contribution in [1.29, 1.82) is 0 Å². The molecule has 6 aromatic rings. The molecule has 0 spiro atoms. The van der Waals surface area contributed by atoms with Crippen LogP contribution in [0, 0.1) is 25.7 Å². The summed E-state index contributed by atoms with van der Waals surface area (Å²) in [6, 6.07) is 17.7. The van der Waals surface area contributed by atoms with Crippen LogP contribution < -0.4 is 10.9 Å². The fourth-order valence-electron chi connectivity index (χ4n) is 4.79. The van der Waals surface area contributed by atoms with Gasteiger partial charge in [0.2, 0.25) is 0 Å². The molecule has 6 rings (SSSR count). The van der Waals surface area contributed by atoms with E-state index < -0.39 is 6.04 Å². The molecular weight excluding hydrogens is 514 g/mol. The van der Waals surface area contributed by atoms with Gasteiger partial charge < -0.3 is 5.32 Å². The van der Waals surface area contributed by atoms with Crippen molar-refractivity contribution in [2.45, 2.75) is 26.8 Å². The van der Waals surface area contributed by atoms with Gasteiger partial charge in [-0.3, -0.25) is 19.1 Å². The Morgan fingerprint density at radius 1 is 0.951 bits per heavy atom. The van der Waals surface area contributed by atoms with E-state index in [0.717, 1.165) is 11.1 Å². The van der Waals surface area contributed by atoms with E-state index in [1.807, 2.05) is 55.5 Å². The van der Waals surface area contributed by atoms with E-state index >= 15 is 0 Å². The van der Waals surface area contributed by atoms with Crippen molar-refractivity contribution in [2.24, 2.45) is 0 Å². The number of amides is 1. The monoisotopic (exact) mass is 539 g/mol. The van der Waals surface area contributed by atoms with Gasteiger partial charge in [-0.25, -0.2) is 14.5 Å². The number of benzene rings is 2. The second kappa shape index (κ2) is 10.5. The largest absolute Gasteiger partial charge is 0.342 e. The summed E-state index contributed by atoms with van der Waals surface area (Å²) < 4.78 is 3.10. The number of fused-ring (bicyclic) bond motifs is 2. The Morgan fingerprint density at radius 3 is 2.56 bits per heavy atom. The molecule has 0 aliphatic carbocycles. The van der Waals surface area contributed by atoms with Crippen molar-refractivity contribution in [3.8, 4) is 17.5 Å². The number of nitrogens with one attached hydrogen (secondary N) is 1. The lowest BCUT2D eigenvalue weighted by molar-refractivity contribution is 0.0938. The van der Waals surface area contributed by atoms with Gasteiger partial charge in [0.15, 0.2) is 5.65 Å². The number of aromatic nitrogens is 6. The van der Waals surface area contributed by atoms with E-state index in [9.17, 15) is 9.59 Å². The van der Waals surface area contributed by atoms with Crippen LogP contribution in [-0.2, 0) is 0 Å². The third kappa shape index (κ3) is 4.72. The standard InChI is InChI=1S/C32H25N7O2/c1-20-15-17-33-19-24(20)14-13-23-9-7-12-26-28(23)32(41)39(25-10-5-4-6-11-25)29(36-26)22(3)35-31(40)27-21(2)37-38-18-8-16-34-30(27)38/h4-12,15-19,22H,1-3H3,(H,35,40). The molecule has 1 N–H and O–H groups in total. The summed E-state index contributed by atoms with van der Waals surface area (Å²) in [5.74, 6) is 6.33. The molecule has 0 aliphatic heterocycles. The lowest BCUT2D eigenvalue weighted by Crippen LogP contribution is -2.33. The second-order valence-electron chi connectivity index (χ2n) is 9.63. The molecule has 0 saturated heterocycles. The zero-order chi connectivity index (χ0) is 28.5. The molecule has 0 saturated carbocycles. The molecule has 0 fully saturated rings. The summed E-state index contributed by atoms with van der Waals surface area (Å²) in [5, 5.41) is 7.80. The molecule has 0 radical (unpaired) electrons. The quantitative estimate of drug-likeness (QED) is 0.334. The smallest absolute Gasteiger partial charge is 0.267 e. The molecule has 41 heavy (non-hydrogen) atoms. The van der Waals surface area contributed by atoms with Gasteiger partial charge >= 0.3 is 0 Å². The molecule has 1 unspecified atom stereocenters. The summed E-state index contributed by atoms with van der Waals surface area (Å²) in [6.07, 6.45) is 6.78. The first-order valence-corrected chi connectivity index (χ1v) is 13.1. The van der Waals surface area contributed by atoms with Crippen molar-refractivity contribution in [2.75, 3.05) is 0 Å². The Hall–Kier alpha value is -5.62. The highest BCUT2D eigenvalue weighted by atomic mass is 16.2. The molecule has 200 valence electrons. The number of pyridine rings is 1.